The molecule has 1 unspecified atom stereocenters. The molecule has 98 valence electrons. The fourth-order valence-corrected chi connectivity index (χ4v) is 1.57. The Kier molecular flexibility index (Phi) is 9.83. The molecular weight excluding hydrogens is 212 g/mol. The van der Waals surface area contributed by atoms with Crippen LogP contribution in [0.4, 0.5) is 8.78 Å². The highest BCUT2D eigenvalue weighted by Gasteiger charge is 2.09. The number of alkyl halides is 2. The van der Waals surface area contributed by atoms with Crippen LogP contribution in [-0.4, -0.2) is 32.2 Å². The van der Waals surface area contributed by atoms with Gasteiger partial charge in [-0.1, -0.05) is 20.8 Å². The molecule has 0 radical (unpaired) electrons. The summed E-state index contributed by atoms with van der Waals surface area (Å²) >= 11 is 0. The van der Waals surface area contributed by atoms with Gasteiger partial charge in [-0.05, 0) is 31.7 Å². The molecule has 0 fully saturated rings. The summed E-state index contributed by atoms with van der Waals surface area (Å²) in [4.78, 5) is 0. The molecule has 0 heterocycles. The minimum absolute atomic E-state index is 0.394. The third-order valence-electron chi connectivity index (χ3n) is 2.44. The van der Waals surface area contributed by atoms with Crippen LogP contribution in [0.15, 0.2) is 0 Å². The molecule has 4 heteroatoms. The second-order valence-corrected chi connectivity index (χ2v) is 4.48. The monoisotopic (exact) mass is 237 g/mol. The Bertz CT molecular complexity index is 154. The van der Waals surface area contributed by atoms with Crippen molar-refractivity contribution in [2.75, 3.05) is 19.8 Å². The third-order valence-corrected chi connectivity index (χ3v) is 2.44. The third kappa shape index (κ3) is 10.3. The second kappa shape index (κ2) is 9.97. The maximum atomic E-state index is 11.8. The molecular formula is C12H25F2NO. The van der Waals surface area contributed by atoms with E-state index in [0.717, 1.165) is 25.8 Å². The van der Waals surface area contributed by atoms with Crippen molar-refractivity contribution in [1.29, 1.82) is 0 Å². The molecule has 0 aliphatic carbocycles. The van der Waals surface area contributed by atoms with Crippen LogP contribution in [0.25, 0.3) is 0 Å². The zero-order chi connectivity index (χ0) is 12.4. The summed E-state index contributed by atoms with van der Waals surface area (Å²) < 4.78 is 28.5. The first-order valence-electron chi connectivity index (χ1n) is 6.15. The topological polar surface area (TPSA) is 21.3 Å². The minimum Gasteiger partial charge on any atom is -0.375 e. The highest BCUT2D eigenvalue weighted by molar-refractivity contribution is 4.66. The van der Waals surface area contributed by atoms with E-state index in [1.807, 2.05) is 0 Å². The fraction of sp³-hybridized carbons (Fsp3) is 1.00. The Hall–Kier alpha value is -0.220. The normalized spacial score (nSPS) is 13.7. The first-order valence-corrected chi connectivity index (χ1v) is 6.15. The largest absolute Gasteiger partial charge is 0.375 e. The predicted octanol–water partition coefficient (Wildman–Crippen LogP) is 3.07. The van der Waals surface area contributed by atoms with Gasteiger partial charge in [0.2, 0.25) is 0 Å². The van der Waals surface area contributed by atoms with Gasteiger partial charge in [0.1, 0.15) is 6.61 Å². The van der Waals surface area contributed by atoms with E-state index in [1.54, 1.807) is 0 Å². The van der Waals surface area contributed by atoms with E-state index in [1.165, 1.54) is 0 Å². The molecule has 1 N–H and O–H groups in total. The molecule has 0 aliphatic heterocycles. The number of rotatable bonds is 10. The lowest BCUT2D eigenvalue weighted by atomic mass is 10.0. The van der Waals surface area contributed by atoms with Gasteiger partial charge in [0.25, 0.3) is 6.43 Å². The van der Waals surface area contributed by atoms with E-state index in [2.05, 4.69) is 26.1 Å². The van der Waals surface area contributed by atoms with Crippen molar-refractivity contribution in [3.63, 3.8) is 0 Å². The molecule has 0 bridgehead atoms. The van der Waals surface area contributed by atoms with Crippen molar-refractivity contribution in [2.24, 2.45) is 5.92 Å². The fourth-order valence-electron chi connectivity index (χ4n) is 1.57. The van der Waals surface area contributed by atoms with Crippen molar-refractivity contribution in [1.82, 2.24) is 5.32 Å². The molecule has 2 nitrogen and oxygen atoms in total. The molecule has 0 amide bonds. The average Bonchev–Trinajstić information content (AvgIpc) is 2.20. The number of ether oxygens (including phenoxy) is 1. The highest BCUT2D eigenvalue weighted by atomic mass is 19.3. The molecule has 0 aliphatic rings. The second-order valence-electron chi connectivity index (χ2n) is 4.48. The lowest BCUT2D eigenvalue weighted by molar-refractivity contribution is 0.0141. The predicted molar refractivity (Wildman–Crippen MR) is 63.0 cm³/mol. The molecule has 0 saturated carbocycles. The zero-order valence-corrected chi connectivity index (χ0v) is 10.6. The van der Waals surface area contributed by atoms with E-state index >= 15 is 0 Å². The maximum Gasteiger partial charge on any atom is 0.261 e. The zero-order valence-electron chi connectivity index (χ0n) is 10.6. The summed E-state index contributed by atoms with van der Waals surface area (Å²) in [5.74, 6) is 0.683. The van der Waals surface area contributed by atoms with Crippen LogP contribution in [0.1, 0.15) is 40.0 Å². The average molecular weight is 237 g/mol. The number of hydrogen-bond acceptors (Lipinski definition) is 2. The van der Waals surface area contributed by atoms with Gasteiger partial charge in [-0.15, -0.1) is 0 Å². The summed E-state index contributed by atoms with van der Waals surface area (Å²) in [6.45, 7) is 7.33. The summed E-state index contributed by atoms with van der Waals surface area (Å²) in [6.07, 6.45) is 0.705. The Balaban J connectivity index is 3.59. The van der Waals surface area contributed by atoms with E-state index in [-0.39, 0.29) is 0 Å². The summed E-state index contributed by atoms with van der Waals surface area (Å²) in [5.41, 5.74) is 0. The molecule has 0 aromatic rings. The standard InChI is InChI=1S/C12H25F2NO/c1-4-15-11(6-5-10(2)3)7-8-16-9-12(13)14/h10-12,15H,4-9H2,1-3H3. The highest BCUT2D eigenvalue weighted by Crippen LogP contribution is 2.09. The Morgan fingerprint density at radius 1 is 1.12 bits per heavy atom. The van der Waals surface area contributed by atoms with Gasteiger partial charge in [-0.2, -0.15) is 0 Å². The molecule has 0 aromatic carbocycles. The van der Waals surface area contributed by atoms with Crippen LogP contribution in [-0.2, 0) is 4.74 Å². The lowest BCUT2D eigenvalue weighted by Crippen LogP contribution is -2.30. The van der Waals surface area contributed by atoms with Crippen LogP contribution in [0.3, 0.4) is 0 Å². The molecule has 0 rings (SSSR count). The summed E-state index contributed by atoms with van der Waals surface area (Å²) in [5, 5.41) is 3.36. The smallest absolute Gasteiger partial charge is 0.261 e. The molecule has 0 aromatic heterocycles. The SMILES string of the molecule is CCNC(CCOCC(F)F)CCC(C)C. The van der Waals surface area contributed by atoms with E-state index < -0.39 is 13.0 Å². The summed E-state index contributed by atoms with van der Waals surface area (Å²) in [6, 6.07) is 0.394. The number of halogens is 2. The lowest BCUT2D eigenvalue weighted by Gasteiger charge is -2.18. The first kappa shape index (κ1) is 15.8. The Labute approximate surface area is 97.7 Å². The van der Waals surface area contributed by atoms with Gasteiger partial charge in [0, 0.05) is 12.6 Å². The van der Waals surface area contributed by atoms with Gasteiger partial charge < -0.3 is 10.1 Å². The van der Waals surface area contributed by atoms with Gasteiger partial charge in [-0.25, -0.2) is 8.78 Å². The summed E-state index contributed by atoms with van der Waals surface area (Å²) in [7, 11) is 0. The van der Waals surface area contributed by atoms with E-state index in [9.17, 15) is 8.78 Å². The number of nitrogens with one attached hydrogen (secondary N) is 1. The van der Waals surface area contributed by atoms with Crippen LogP contribution in [0.2, 0.25) is 0 Å². The molecule has 16 heavy (non-hydrogen) atoms. The molecule has 0 saturated heterocycles. The van der Waals surface area contributed by atoms with Gasteiger partial charge in [0.05, 0.1) is 0 Å². The minimum atomic E-state index is -2.35. The molecule has 1 atom stereocenters. The van der Waals surface area contributed by atoms with Crippen LogP contribution >= 0.6 is 0 Å². The van der Waals surface area contributed by atoms with E-state index in [4.69, 9.17) is 4.74 Å². The van der Waals surface area contributed by atoms with Crippen molar-refractivity contribution >= 4 is 0 Å². The van der Waals surface area contributed by atoms with Gasteiger partial charge >= 0.3 is 0 Å². The van der Waals surface area contributed by atoms with Crippen molar-refractivity contribution in [3.05, 3.63) is 0 Å². The Morgan fingerprint density at radius 2 is 1.81 bits per heavy atom. The van der Waals surface area contributed by atoms with Crippen molar-refractivity contribution < 1.29 is 13.5 Å². The quantitative estimate of drug-likeness (QED) is 0.590. The van der Waals surface area contributed by atoms with Gasteiger partial charge in [0.15, 0.2) is 0 Å². The maximum absolute atomic E-state index is 11.8. The van der Waals surface area contributed by atoms with E-state index in [0.29, 0.717) is 18.6 Å². The molecule has 0 spiro atoms. The Morgan fingerprint density at radius 3 is 2.31 bits per heavy atom. The first-order chi connectivity index (χ1) is 7.56. The van der Waals surface area contributed by atoms with Crippen molar-refractivity contribution in [3.8, 4) is 0 Å². The van der Waals surface area contributed by atoms with Gasteiger partial charge in [-0.3, -0.25) is 0 Å². The van der Waals surface area contributed by atoms with Crippen LogP contribution in [0.5, 0.6) is 0 Å². The van der Waals surface area contributed by atoms with Crippen molar-refractivity contribution in [2.45, 2.75) is 52.5 Å². The van der Waals surface area contributed by atoms with Crippen LogP contribution < -0.4 is 5.32 Å². The van der Waals surface area contributed by atoms with Crippen LogP contribution in [0, 0.1) is 5.92 Å². The number of hydrogen-bond donors (Lipinski definition) is 1.